The van der Waals surface area contributed by atoms with Crippen LogP contribution >= 0.6 is 0 Å². The van der Waals surface area contributed by atoms with Crippen LogP contribution in [0.3, 0.4) is 0 Å². The fraction of sp³-hybridized carbons (Fsp3) is 0.923. The average molecular weight is 241 g/mol. The van der Waals surface area contributed by atoms with Crippen LogP contribution in [0.4, 0.5) is 0 Å². The summed E-state index contributed by atoms with van der Waals surface area (Å²) in [5.74, 6) is 0.247. The summed E-state index contributed by atoms with van der Waals surface area (Å²) in [6.45, 7) is 7.50. The topological polar surface area (TPSA) is 49.6 Å². The second kappa shape index (κ2) is 6.97. The molecule has 0 aromatic carbocycles. The van der Waals surface area contributed by atoms with Gasteiger partial charge in [0.15, 0.2) is 0 Å². The zero-order valence-electron chi connectivity index (χ0n) is 11.5. The first-order chi connectivity index (χ1) is 8.04. The molecule has 2 N–H and O–H groups in total. The molecule has 1 aliphatic heterocycles. The Hall–Kier alpha value is -0.610. The fourth-order valence-electron chi connectivity index (χ4n) is 2.35. The van der Waals surface area contributed by atoms with Crippen molar-refractivity contribution < 1.29 is 4.79 Å². The first-order valence-electron chi connectivity index (χ1n) is 6.78. The molecule has 0 bridgehead atoms. The zero-order valence-corrected chi connectivity index (χ0v) is 11.5. The number of hydrogen-bond acceptors (Lipinski definition) is 3. The van der Waals surface area contributed by atoms with E-state index in [0.717, 1.165) is 38.9 Å². The molecule has 17 heavy (non-hydrogen) atoms. The maximum absolute atomic E-state index is 12.0. The minimum absolute atomic E-state index is 0.120. The molecule has 1 unspecified atom stereocenters. The second-order valence-corrected chi connectivity index (χ2v) is 5.19. The van der Waals surface area contributed by atoms with E-state index < -0.39 is 0 Å². The lowest BCUT2D eigenvalue weighted by atomic mass is 10.0. The molecule has 0 aromatic heterocycles. The van der Waals surface area contributed by atoms with Crippen molar-refractivity contribution in [3.8, 4) is 0 Å². The normalized spacial score (nSPS) is 20.2. The third kappa shape index (κ3) is 4.64. The average Bonchev–Trinajstić information content (AvgIpc) is 2.35. The fourth-order valence-corrected chi connectivity index (χ4v) is 2.35. The van der Waals surface area contributed by atoms with Gasteiger partial charge in [-0.25, -0.2) is 0 Å². The Bertz CT molecular complexity index is 235. The van der Waals surface area contributed by atoms with Crippen LogP contribution in [0.1, 0.15) is 39.5 Å². The lowest BCUT2D eigenvalue weighted by molar-refractivity contribution is -0.133. The van der Waals surface area contributed by atoms with Gasteiger partial charge in [-0.05, 0) is 32.7 Å². The van der Waals surface area contributed by atoms with Gasteiger partial charge in [0, 0.05) is 38.6 Å². The van der Waals surface area contributed by atoms with Gasteiger partial charge < -0.3 is 15.5 Å². The lowest BCUT2D eigenvalue weighted by Crippen LogP contribution is -2.45. The highest BCUT2D eigenvalue weighted by molar-refractivity contribution is 5.76. The maximum atomic E-state index is 12.0. The molecule has 1 rings (SSSR count). The van der Waals surface area contributed by atoms with Crippen LogP contribution < -0.4 is 5.73 Å². The monoisotopic (exact) mass is 241 g/mol. The molecule has 1 heterocycles. The third-order valence-corrected chi connectivity index (χ3v) is 3.76. The Kier molecular flexibility index (Phi) is 5.92. The second-order valence-electron chi connectivity index (χ2n) is 5.19. The quantitative estimate of drug-likeness (QED) is 0.783. The highest BCUT2D eigenvalue weighted by Gasteiger charge is 2.24. The lowest BCUT2D eigenvalue weighted by Gasteiger charge is -2.36. The smallest absolute Gasteiger partial charge is 0.222 e. The van der Waals surface area contributed by atoms with E-state index in [-0.39, 0.29) is 11.9 Å². The molecular weight excluding hydrogens is 214 g/mol. The maximum Gasteiger partial charge on any atom is 0.222 e. The van der Waals surface area contributed by atoms with E-state index in [2.05, 4.69) is 11.8 Å². The van der Waals surface area contributed by atoms with Gasteiger partial charge in [-0.1, -0.05) is 6.92 Å². The Morgan fingerprint density at radius 3 is 2.53 bits per heavy atom. The Morgan fingerprint density at radius 1 is 1.47 bits per heavy atom. The summed E-state index contributed by atoms with van der Waals surface area (Å²) < 4.78 is 0. The van der Waals surface area contributed by atoms with E-state index in [9.17, 15) is 4.79 Å². The van der Waals surface area contributed by atoms with Gasteiger partial charge in [0.25, 0.3) is 0 Å². The first kappa shape index (κ1) is 14.5. The number of rotatable bonds is 5. The number of likely N-dealkylation sites (tertiary alicyclic amines) is 1. The van der Waals surface area contributed by atoms with E-state index in [1.54, 1.807) is 0 Å². The Labute approximate surface area is 105 Å². The molecule has 4 nitrogen and oxygen atoms in total. The largest absolute Gasteiger partial charge is 0.343 e. The summed E-state index contributed by atoms with van der Waals surface area (Å²) in [7, 11) is 1.94. The predicted molar refractivity (Wildman–Crippen MR) is 70.8 cm³/mol. The minimum atomic E-state index is 0.120. The van der Waals surface area contributed by atoms with E-state index >= 15 is 0 Å². The molecule has 1 saturated heterocycles. The van der Waals surface area contributed by atoms with E-state index in [1.807, 2.05) is 18.9 Å². The first-order valence-corrected chi connectivity index (χ1v) is 6.78. The number of nitrogens with zero attached hydrogens (tertiary/aromatic N) is 2. The summed E-state index contributed by atoms with van der Waals surface area (Å²) in [6, 6.07) is 0.549. The molecule has 1 atom stereocenters. The standard InChI is InChI=1S/C13H27N3O/c1-4-16-9-7-12(8-10-16)15(3)13(17)6-5-11(2)14/h11-12H,4-10,14H2,1-3H3. The zero-order chi connectivity index (χ0) is 12.8. The van der Waals surface area contributed by atoms with Gasteiger partial charge in [0.05, 0.1) is 0 Å². The molecule has 1 amide bonds. The van der Waals surface area contributed by atoms with Crippen molar-refractivity contribution >= 4 is 5.91 Å². The molecule has 4 heteroatoms. The van der Waals surface area contributed by atoms with Gasteiger partial charge >= 0.3 is 0 Å². The number of carbonyl (C=O) groups is 1. The Balaban J connectivity index is 2.32. The summed E-state index contributed by atoms with van der Waals surface area (Å²) in [5, 5.41) is 0. The number of carbonyl (C=O) groups excluding carboxylic acids is 1. The van der Waals surface area contributed by atoms with E-state index in [4.69, 9.17) is 5.73 Å². The van der Waals surface area contributed by atoms with Crippen molar-refractivity contribution in [1.29, 1.82) is 0 Å². The van der Waals surface area contributed by atoms with Crippen molar-refractivity contribution in [1.82, 2.24) is 9.80 Å². The summed E-state index contributed by atoms with van der Waals surface area (Å²) in [6.07, 6.45) is 3.58. The molecule has 0 aromatic rings. The third-order valence-electron chi connectivity index (χ3n) is 3.76. The molecule has 0 radical (unpaired) electrons. The van der Waals surface area contributed by atoms with Crippen LogP contribution in [0, 0.1) is 0 Å². The molecule has 1 aliphatic rings. The number of nitrogens with two attached hydrogens (primary N) is 1. The van der Waals surface area contributed by atoms with E-state index in [1.165, 1.54) is 0 Å². The van der Waals surface area contributed by atoms with Crippen molar-refractivity contribution in [2.45, 2.75) is 51.6 Å². The van der Waals surface area contributed by atoms with Crippen molar-refractivity contribution in [3.63, 3.8) is 0 Å². The van der Waals surface area contributed by atoms with Gasteiger partial charge in [0.1, 0.15) is 0 Å². The van der Waals surface area contributed by atoms with Crippen LogP contribution in [0.25, 0.3) is 0 Å². The molecule has 1 fully saturated rings. The molecule has 100 valence electrons. The van der Waals surface area contributed by atoms with Crippen LogP contribution in [-0.2, 0) is 4.79 Å². The van der Waals surface area contributed by atoms with Crippen LogP contribution in [0.2, 0.25) is 0 Å². The van der Waals surface area contributed by atoms with Crippen molar-refractivity contribution in [2.75, 3.05) is 26.7 Å². The predicted octanol–water partition coefficient (Wildman–Crippen LogP) is 1.06. The molecule has 0 spiro atoms. The highest BCUT2D eigenvalue weighted by Crippen LogP contribution is 2.16. The minimum Gasteiger partial charge on any atom is -0.343 e. The number of amides is 1. The van der Waals surface area contributed by atoms with Gasteiger partial charge in [-0.2, -0.15) is 0 Å². The molecular formula is C13H27N3O. The summed E-state index contributed by atoms with van der Waals surface area (Å²) >= 11 is 0. The van der Waals surface area contributed by atoms with Crippen molar-refractivity contribution in [2.24, 2.45) is 5.73 Å². The summed E-state index contributed by atoms with van der Waals surface area (Å²) in [4.78, 5) is 16.3. The number of hydrogen-bond donors (Lipinski definition) is 1. The van der Waals surface area contributed by atoms with E-state index in [0.29, 0.717) is 12.5 Å². The summed E-state index contributed by atoms with van der Waals surface area (Å²) in [5.41, 5.74) is 5.68. The van der Waals surface area contributed by atoms with Gasteiger partial charge in [-0.15, -0.1) is 0 Å². The van der Waals surface area contributed by atoms with Crippen LogP contribution in [-0.4, -0.2) is 54.5 Å². The molecule has 0 saturated carbocycles. The van der Waals surface area contributed by atoms with Gasteiger partial charge in [0.2, 0.25) is 5.91 Å². The van der Waals surface area contributed by atoms with Crippen LogP contribution in [0.15, 0.2) is 0 Å². The Morgan fingerprint density at radius 2 is 2.06 bits per heavy atom. The van der Waals surface area contributed by atoms with Crippen molar-refractivity contribution in [3.05, 3.63) is 0 Å². The SMILES string of the molecule is CCN1CCC(N(C)C(=O)CCC(C)N)CC1. The number of piperidine rings is 1. The van der Waals surface area contributed by atoms with Gasteiger partial charge in [-0.3, -0.25) is 4.79 Å². The van der Waals surface area contributed by atoms with Crippen LogP contribution in [0.5, 0.6) is 0 Å². The highest BCUT2D eigenvalue weighted by atomic mass is 16.2. The molecule has 0 aliphatic carbocycles.